The van der Waals surface area contributed by atoms with Gasteiger partial charge in [-0.2, -0.15) is 0 Å². The molecule has 0 atom stereocenters. The summed E-state index contributed by atoms with van der Waals surface area (Å²) in [4.78, 5) is 11.7. The second kappa shape index (κ2) is 6.09. The molecule has 0 aliphatic heterocycles. The summed E-state index contributed by atoms with van der Waals surface area (Å²) in [6, 6.07) is 0.496. The first-order valence-electron chi connectivity index (χ1n) is 7.05. The van der Waals surface area contributed by atoms with E-state index in [4.69, 9.17) is 4.74 Å². The van der Waals surface area contributed by atoms with Crippen LogP contribution in [0.1, 0.15) is 39.0 Å². The Hall–Kier alpha value is -1.51. The van der Waals surface area contributed by atoms with Crippen LogP contribution in [0.15, 0.2) is 35.6 Å². The van der Waals surface area contributed by atoms with E-state index in [0.29, 0.717) is 17.5 Å². The topological polar surface area (TPSA) is 38.3 Å². The Kier molecular flexibility index (Phi) is 4.46. The fourth-order valence-electron chi connectivity index (χ4n) is 2.22. The van der Waals surface area contributed by atoms with Crippen molar-refractivity contribution in [2.24, 2.45) is 5.92 Å². The molecular weight excluding hydrogens is 238 g/mol. The van der Waals surface area contributed by atoms with E-state index in [-0.39, 0.29) is 5.97 Å². The first-order chi connectivity index (χ1) is 9.15. The maximum Gasteiger partial charge on any atom is 0.335 e. The number of carbonyl (C=O) groups excluding carboxylic acids is 1. The van der Waals surface area contributed by atoms with Crippen molar-refractivity contribution in [1.29, 1.82) is 0 Å². The second-order valence-electron chi connectivity index (χ2n) is 5.43. The molecule has 0 saturated heterocycles. The molecule has 1 N–H and O–H groups in total. The van der Waals surface area contributed by atoms with Gasteiger partial charge in [0, 0.05) is 11.7 Å². The minimum absolute atomic E-state index is 0.266. The minimum atomic E-state index is -0.266. The van der Waals surface area contributed by atoms with Crippen LogP contribution in [0.3, 0.4) is 0 Å². The Morgan fingerprint density at radius 1 is 1.32 bits per heavy atom. The van der Waals surface area contributed by atoms with E-state index in [2.05, 4.69) is 18.0 Å². The summed E-state index contributed by atoms with van der Waals surface area (Å²) in [5.41, 5.74) is 2.78. The van der Waals surface area contributed by atoms with Crippen molar-refractivity contribution < 1.29 is 9.53 Å². The van der Waals surface area contributed by atoms with E-state index >= 15 is 0 Å². The third kappa shape index (κ3) is 3.49. The first-order valence-corrected chi connectivity index (χ1v) is 7.05. The molecule has 0 amide bonds. The number of esters is 1. The van der Waals surface area contributed by atoms with Gasteiger partial charge in [-0.25, -0.2) is 4.79 Å². The summed E-state index contributed by atoms with van der Waals surface area (Å²) < 4.78 is 4.83. The zero-order valence-corrected chi connectivity index (χ0v) is 11.9. The Morgan fingerprint density at radius 2 is 2.00 bits per heavy atom. The van der Waals surface area contributed by atoms with E-state index in [1.165, 1.54) is 44.8 Å². The number of ether oxygens (including phenoxy) is 1. The lowest BCUT2D eigenvalue weighted by Gasteiger charge is -2.29. The standard InChI is InChI=1S/C16H23NO2/c1-4-12(13-8-9-13)10-15(11(2)16(18)19-3)17-14-6-5-7-14/h4,10,13-14,17H,1,5-9H2,2-3H3/b12-10+,15-11-. The summed E-state index contributed by atoms with van der Waals surface area (Å²) in [6.45, 7) is 5.69. The molecule has 104 valence electrons. The fraction of sp³-hybridized carbons (Fsp3) is 0.562. The Morgan fingerprint density at radius 3 is 2.42 bits per heavy atom. The Labute approximate surface area is 115 Å². The smallest absolute Gasteiger partial charge is 0.335 e. The van der Waals surface area contributed by atoms with E-state index in [0.717, 1.165) is 5.70 Å². The van der Waals surface area contributed by atoms with Crippen LogP contribution in [0.25, 0.3) is 0 Å². The number of carbonyl (C=O) groups is 1. The van der Waals surface area contributed by atoms with Crippen molar-refractivity contribution in [2.45, 2.75) is 45.1 Å². The summed E-state index contributed by atoms with van der Waals surface area (Å²) in [6.07, 6.45) is 10.1. The predicted octanol–water partition coefficient (Wildman–Crippen LogP) is 3.10. The van der Waals surface area contributed by atoms with Crippen molar-refractivity contribution >= 4 is 5.97 Å². The summed E-state index contributed by atoms with van der Waals surface area (Å²) in [5, 5.41) is 3.47. The molecule has 0 heterocycles. The number of allylic oxidation sites excluding steroid dienone is 3. The van der Waals surface area contributed by atoms with Crippen molar-refractivity contribution in [3.63, 3.8) is 0 Å². The molecule has 2 rings (SSSR count). The van der Waals surface area contributed by atoms with E-state index in [9.17, 15) is 4.79 Å². The molecule has 3 nitrogen and oxygen atoms in total. The van der Waals surface area contributed by atoms with Gasteiger partial charge in [-0.15, -0.1) is 0 Å². The van der Waals surface area contributed by atoms with Crippen LogP contribution >= 0.6 is 0 Å². The van der Waals surface area contributed by atoms with Gasteiger partial charge in [-0.3, -0.25) is 0 Å². The van der Waals surface area contributed by atoms with Crippen LogP contribution in [0.4, 0.5) is 0 Å². The molecule has 0 aromatic heterocycles. The van der Waals surface area contributed by atoms with Gasteiger partial charge >= 0.3 is 5.97 Å². The molecule has 0 spiro atoms. The van der Waals surface area contributed by atoms with Gasteiger partial charge in [0.25, 0.3) is 0 Å². The lowest BCUT2D eigenvalue weighted by Crippen LogP contribution is -2.35. The van der Waals surface area contributed by atoms with Gasteiger partial charge in [0.15, 0.2) is 0 Å². The predicted molar refractivity (Wildman–Crippen MR) is 76.5 cm³/mol. The maximum absolute atomic E-state index is 11.7. The molecule has 0 radical (unpaired) electrons. The van der Waals surface area contributed by atoms with E-state index < -0.39 is 0 Å². The molecular formula is C16H23NO2. The van der Waals surface area contributed by atoms with Gasteiger partial charge in [-0.1, -0.05) is 12.7 Å². The number of methoxy groups -OCH3 is 1. The lowest BCUT2D eigenvalue weighted by atomic mass is 9.92. The average molecular weight is 261 g/mol. The van der Waals surface area contributed by atoms with Gasteiger partial charge < -0.3 is 10.1 Å². The third-order valence-electron chi connectivity index (χ3n) is 3.96. The quantitative estimate of drug-likeness (QED) is 0.453. The lowest BCUT2D eigenvalue weighted by molar-refractivity contribution is -0.136. The van der Waals surface area contributed by atoms with Crippen LogP contribution in [0.5, 0.6) is 0 Å². The van der Waals surface area contributed by atoms with Crippen molar-refractivity contribution in [2.75, 3.05) is 7.11 Å². The molecule has 2 saturated carbocycles. The third-order valence-corrected chi connectivity index (χ3v) is 3.96. The van der Waals surface area contributed by atoms with Crippen molar-refractivity contribution in [3.8, 4) is 0 Å². The van der Waals surface area contributed by atoms with Crippen LogP contribution < -0.4 is 5.32 Å². The maximum atomic E-state index is 11.7. The molecule has 19 heavy (non-hydrogen) atoms. The average Bonchev–Trinajstić information content (AvgIpc) is 3.19. The normalized spacial score (nSPS) is 21.3. The molecule has 0 bridgehead atoms. The fourth-order valence-corrected chi connectivity index (χ4v) is 2.22. The van der Waals surface area contributed by atoms with Crippen LogP contribution in [-0.4, -0.2) is 19.1 Å². The van der Waals surface area contributed by atoms with E-state index in [1.54, 1.807) is 0 Å². The Balaban J connectivity index is 2.21. The largest absolute Gasteiger partial charge is 0.466 e. The van der Waals surface area contributed by atoms with Crippen LogP contribution in [0, 0.1) is 5.92 Å². The first kappa shape index (κ1) is 13.9. The number of hydrogen-bond acceptors (Lipinski definition) is 3. The SMILES string of the molecule is C=C/C(=C\C(NC1CCC1)=C(/C)C(=O)OC)C1CC1. The Bertz CT molecular complexity index is 426. The molecule has 0 aromatic carbocycles. The van der Waals surface area contributed by atoms with Crippen LogP contribution in [-0.2, 0) is 9.53 Å². The highest BCUT2D eigenvalue weighted by atomic mass is 16.5. The zero-order chi connectivity index (χ0) is 13.8. The van der Waals surface area contributed by atoms with Gasteiger partial charge in [0.2, 0.25) is 0 Å². The highest BCUT2D eigenvalue weighted by Gasteiger charge is 2.25. The van der Waals surface area contributed by atoms with Gasteiger partial charge in [0.05, 0.1) is 12.7 Å². The zero-order valence-electron chi connectivity index (χ0n) is 11.9. The summed E-state index contributed by atoms with van der Waals surface area (Å²) in [7, 11) is 1.42. The van der Waals surface area contributed by atoms with Crippen LogP contribution in [0.2, 0.25) is 0 Å². The van der Waals surface area contributed by atoms with Gasteiger partial charge in [-0.05, 0) is 56.6 Å². The number of nitrogens with one attached hydrogen (secondary N) is 1. The molecule has 3 heteroatoms. The van der Waals surface area contributed by atoms with Gasteiger partial charge in [0.1, 0.15) is 0 Å². The number of hydrogen-bond donors (Lipinski definition) is 1. The monoisotopic (exact) mass is 261 g/mol. The molecule has 0 unspecified atom stereocenters. The molecule has 2 aliphatic rings. The highest BCUT2D eigenvalue weighted by molar-refractivity contribution is 5.89. The minimum Gasteiger partial charge on any atom is -0.466 e. The molecule has 2 aliphatic carbocycles. The van der Waals surface area contributed by atoms with Crippen molar-refractivity contribution in [1.82, 2.24) is 5.32 Å². The molecule has 0 aromatic rings. The highest BCUT2D eigenvalue weighted by Crippen LogP contribution is 2.37. The summed E-state index contributed by atoms with van der Waals surface area (Å²) in [5.74, 6) is 0.360. The summed E-state index contributed by atoms with van der Waals surface area (Å²) >= 11 is 0. The number of rotatable bonds is 6. The second-order valence-corrected chi connectivity index (χ2v) is 5.43. The van der Waals surface area contributed by atoms with Crippen molar-refractivity contribution in [3.05, 3.63) is 35.6 Å². The molecule has 2 fully saturated rings. The van der Waals surface area contributed by atoms with E-state index in [1.807, 2.05) is 13.0 Å².